The number of carbonyl (C=O) groups excluding carboxylic acids is 1. The molecule has 2 nitrogen and oxygen atoms in total. The molecule has 0 fully saturated rings. The summed E-state index contributed by atoms with van der Waals surface area (Å²) in [7, 11) is 0. The molecule has 0 bridgehead atoms. The first-order valence-electron chi connectivity index (χ1n) is 7.35. The minimum Gasteiger partial charge on any atom is -0.379 e. The Morgan fingerprint density at radius 2 is 2.20 bits per heavy atom. The number of rotatable bonds is 2. The van der Waals surface area contributed by atoms with Crippen LogP contribution in [0.25, 0.3) is 0 Å². The molecule has 3 aliphatic rings. The first-order chi connectivity index (χ1) is 9.65. The van der Waals surface area contributed by atoms with Crippen LogP contribution in [-0.2, 0) is 4.79 Å². The SMILES string of the molecule is CC1=CC(C)C2=CC[C@@H](C(=O)C3=CCCS3)C=CC2N1. The fraction of sp³-hybridized carbons (Fsp3) is 0.471. The van der Waals surface area contributed by atoms with E-state index in [0.717, 1.165) is 23.5 Å². The van der Waals surface area contributed by atoms with Crippen LogP contribution in [0.1, 0.15) is 26.7 Å². The molecule has 20 heavy (non-hydrogen) atoms. The molecule has 0 spiro atoms. The number of nitrogens with one attached hydrogen (secondary N) is 1. The number of Topliss-reactive ketones (excluding diaryl/α,β-unsaturated/α-hetero) is 1. The summed E-state index contributed by atoms with van der Waals surface area (Å²) in [6, 6.07) is 0.262. The summed E-state index contributed by atoms with van der Waals surface area (Å²) in [6.45, 7) is 4.34. The summed E-state index contributed by atoms with van der Waals surface area (Å²) in [6.07, 6.45) is 12.8. The van der Waals surface area contributed by atoms with Gasteiger partial charge in [-0.25, -0.2) is 0 Å². The molecule has 2 aliphatic heterocycles. The Kier molecular flexibility index (Phi) is 3.88. The van der Waals surface area contributed by atoms with Crippen molar-refractivity contribution in [1.82, 2.24) is 5.32 Å². The van der Waals surface area contributed by atoms with E-state index in [1.807, 2.05) is 0 Å². The van der Waals surface area contributed by atoms with Crippen LogP contribution in [0.4, 0.5) is 0 Å². The monoisotopic (exact) mass is 287 g/mol. The highest BCUT2D eigenvalue weighted by molar-refractivity contribution is 8.04. The first kappa shape index (κ1) is 13.7. The Morgan fingerprint density at radius 3 is 2.95 bits per heavy atom. The summed E-state index contributed by atoms with van der Waals surface area (Å²) >= 11 is 1.71. The van der Waals surface area contributed by atoms with Crippen LogP contribution in [0.15, 0.2) is 46.6 Å². The van der Waals surface area contributed by atoms with Gasteiger partial charge in [-0.2, -0.15) is 0 Å². The van der Waals surface area contributed by atoms with E-state index < -0.39 is 0 Å². The van der Waals surface area contributed by atoms with Crippen LogP contribution in [0, 0.1) is 11.8 Å². The molecule has 0 radical (unpaired) electrons. The van der Waals surface area contributed by atoms with Gasteiger partial charge in [0.2, 0.25) is 0 Å². The van der Waals surface area contributed by atoms with Gasteiger partial charge in [0.15, 0.2) is 5.78 Å². The number of ketones is 1. The highest BCUT2D eigenvalue weighted by Gasteiger charge is 2.27. The molecule has 0 saturated heterocycles. The van der Waals surface area contributed by atoms with Crippen LogP contribution >= 0.6 is 11.8 Å². The lowest BCUT2D eigenvalue weighted by Crippen LogP contribution is -2.33. The lowest BCUT2D eigenvalue weighted by Gasteiger charge is -2.28. The summed E-state index contributed by atoms with van der Waals surface area (Å²) < 4.78 is 0. The smallest absolute Gasteiger partial charge is 0.175 e. The van der Waals surface area contributed by atoms with Gasteiger partial charge in [0.1, 0.15) is 0 Å². The fourth-order valence-corrected chi connectivity index (χ4v) is 4.14. The predicted octanol–water partition coefficient (Wildman–Crippen LogP) is 3.59. The van der Waals surface area contributed by atoms with Crippen molar-refractivity contribution >= 4 is 17.5 Å². The maximum atomic E-state index is 12.5. The third-order valence-corrected chi connectivity index (χ3v) is 5.31. The fourth-order valence-electron chi connectivity index (χ4n) is 3.16. The van der Waals surface area contributed by atoms with Crippen LogP contribution in [0.5, 0.6) is 0 Å². The average Bonchev–Trinajstić information content (AvgIpc) is 2.85. The van der Waals surface area contributed by atoms with Gasteiger partial charge in [0.05, 0.1) is 6.04 Å². The molecule has 0 aromatic rings. The Bertz CT molecular complexity index is 541. The molecule has 1 N–H and O–H groups in total. The van der Waals surface area contributed by atoms with Crippen molar-refractivity contribution in [3.63, 3.8) is 0 Å². The quantitative estimate of drug-likeness (QED) is 0.787. The standard InChI is InChI=1S/C17H21NOS/c1-11-10-12(2)18-15-8-6-13(5-7-14(11)15)17(19)16-4-3-9-20-16/h4,6-8,10-11,13,15,18H,3,5,9H2,1-2H3/t11?,13-,15?/m1/s1. The number of allylic oxidation sites excluding steroid dienone is 6. The maximum Gasteiger partial charge on any atom is 0.175 e. The van der Waals surface area contributed by atoms with Crippen LogP contribution in [0.3, 0.4) is 0 Å². The third-order valence-electron chi connectivity index (χ3n) is 4.20. The number of hydrogen-bond acceptors (Lipinski definition) is 3. The van der Waals surface area contributed by atoms with Crippen molar-refractivity contribution in [2.75, 3.05) is 5.75 Å². The molecule has 0 aromatic carbocycles. The van der Waals surface area contributed by atoms with Crippen LogP contribution in [0.2, 0.25) is 0 Å². The second-order valence-corrected chi connectivity index (χ2v) is 6.90. The minimum atomic E-state index is 0.0132. The Labute approximate surface area is 125 Å². The van der Waals surface area contributed by atoms with Crippen molar-refractivity contribution < 1.29 is 4.79 Å². The Balaban J connectivity index is 1.80. The van der Waals surface area contributed by atoms with Gasteiger partial charge in [-0.1, -0.05) is 37.3 Å². The molecule has 3 atom stereocenters. The molecule has 1 aliphatic carbocycles. The second-order valence-electron chi connectivity index (χ2n) is 5.76. The van der Waals surface area contributed by atoms with Crippen LogP contribution < -0.4 is 5.32 Å². The van der Waals surface area contributed by atoms with Gasteiger partial charge in [-0.05, 0) is 31.3 Å². The largest absolute Gasteiger partial charge is 0.379 e. The zero-order valence-corrected chi connectivity index (χ0v) is 12.9. The summed E-state index contributed by atoms with van der Waals surface area (Å²) in [4.78, 5) is 13.5. The van der Waals surface area contributed by atoms with Crippen LogP contribution in [-0.4, -0.2) is 17.6 Å². The van der Waals surface area contributed by atoms with E-state index in [0.29, 0.717) is 11.7 Å². The summed E-state index contributed by atoms with van der Waals surface area (Å²) in [5, 5.41) is 3.49. The average molecular weight is 287 g/mol. The topological polar surface area (TPSA) is 29.1 Å². The number of fused-ring (bicyclic) bond motifs is 1. The van der Waals surface area contributed by atoms with Gasteiger partial charge in [-0.3, -0.25) is 4.79 Å². The lowest BCUT2D eigenvalue weighted by molar-refractivity contribution is -0.117. The molecule has 3 heteroatoms. The summed E-state index contributed by atoms with van der Waals surface area (Å²) in [5.41, 5.74) is 2.62. The van der Waals surface area contributed by atoms with E-state index in [1.165, 1.54) is 11.3 Å². The van der Waals surface area contributed by atoms with E-state index >= 15 is 0 Å². The predicted molar refractivity (Wildman–Crippen MR) is 85.3 cm³/mol. The molecule has 2 heterocycles. The Morgan fingerprint density at radius 1 is 1.35 bits per heavy atom. The van der Waals surface area contributed by atoms with E-state index in [1.54, 1.807) is 11.8 Å². The van der Waals surface area contributed by atoms with Crippen molar-refractivity contribution in [2.45, 2.75) is 32.7 Å². The van der Waals surface area contributed by atoms with Gasteiger partial charge in [0, 0.05) is 22.3 Å². The summed E-state index contributed by atoms with van der Waals surface area (Å²) in [5.74, 6) is 1.83. The van der Waals surface area contributed by atoms with E-state index in [4.69, 9.17) is 0 Å². The lowest BCUT2D eigenvalue weighted by atomic mass is 9.89. The highest BCUT2D eigenvalue weighted by atomic mass is 32.2. The van der Waals surface area contributed by atoms with Crippen molar-refractivity contribution in [3.05, 3.63) is 46.6 Å². The van der Waals surface area contributed by atoms with Gasteiger partial charge >= 0.3 is 0 Å². The number of carbonyl (C=O) groups is 1. The molecule has 0 aromatic heterocycles. The van der Waals surface area contributed by atoms with E-state index in [9.17, 15) is 4.79 Å². The van der Waals surface area contributed by atoms with Crippen molar-refractivity contribution in [1.29, 1.82) is 0 Å². The molecule has 3 rings (SSSR count). The highest BCUT2D eigenvalue weighted by Crippen LogP contribution is 2.32. The van der Waals surface area contributed by atoms with Gasteiger partial charge in [0.25, 0.3) is 0 Å². The molecule has 2 unspecified atom stereocenters. The van der Waals surface area contributed by atoms with E-state index in [-0.39, 0.29) is 12.0 Å². The van der Waals surface area contributed by atoms with Crippen molar-refractivity contribution in [3.8, 4) is 0 Å². The van der Waals surface area contributed by atoms with Gasteiger partial charge < -0.3 is 5.32 Å². The molecule has 0 saturated carbocycles. The maximum absolute atomic E-state index is 12.5. The molecular weight excluding hydrogens is 266 g/mol. The van der Waals surface area contributed by atoms with Crippen molar-refractivity contribution in [2.24, 2.45) is 11.8 Å². The molecule has 106 valence electrons. The molecular formula is C17H21NOS. The minimum absolute atomic E-state index is 0.0132. The zero-order chi connectivity index (χ0) is 14.1. The zero-order valence-electron chi connectivity index (χ0n) is 12.1. The normalized spacial score (nSPS) is 32.5. The molecule has 0 amide bonds. The van der Waals surface area contributed by atoms with E-state index in [2.05, 4.69) is 49.5 Å². The number of hydrogen-bond donors (Lipinski definition) is 1. The first-order valence-corrected chi connectivity index (χ1v) is 8.34. The van der Waals surface area contributed by atoms with Gasteiger partial charge in [-0.15, -0.1) is 11.8 Å². The second kappa shape index (κ2) is 5.65. The third kappa shape index (κ3) is 2.64. The number of thioether (sulfide) groups is 1. The Hall–Kier alpha value is -1.22.